The molecule has 0 spiro atoms. The molecule has 5 rings (SSSR count). The number of hydrogen-bond donors (Lipinski definition) is 0. The van der Waals surface area contributed by atoms with Gasteiger partial charge in [-0.2, -0.15) is 0 Å². The van der Waals surface area contributed by atoms with Crippen molar-refractivity contribution in [2.45, 2.75) is 12.8 Å². The number of para-hydroxylation sites is 1. The van der Waals surface area contributed by atoms with E-state index in [-0.39, 0.29) is 0 Å². The number of rotatable bonds is 0. The van der Waals surface area contributed by atoms with E-state index in [1.807, 2.05) is 12.3 Å². The summed E-state index contributed by atoms with van der Waals surface area (Å²) in [6, 6.07) is 15.3. The molecule has 0 N–H and O–H groups in total. The van der Waals surface area contributed by atoms with Crippen LogP contribution < -0.4 is 0 Å². The lowest BCUT2D eigenvalue weighted by Crippen LogP contribution is -2.07. The van der Waals surface area contributed by atoms with Crippen molar-refractivity contribution in [1.29, 1.82) is 0 Å². The zero-order valence-electron chi connectivity index (χ0n) is 10.4. The lowest BCUT2D eigenvalue weighted by atomic mass is 9.99. The first kappa shape index (κ1) is 9.56. The minimum atomic E-state index is 1.12. The molecular weight excluding hydrogens is 232 g/mol. The predicted octanol–water partition coefficient (Wildman–Crippen LogP) is 3.74. The SMILES string of the molecule is c1cnc2c(c1)c1ccc3n1c1c(cccc21)CC3. The van der Waals surface area contributed by atoms with Crippen LogP contribution in [0.5, 0.6) is 0 Å². The molecule has 4 aromatic rings. The molecule has 0 bridgehead atoms. The molecule has 0 fully saturated rings. The first-order valence-corrected chi connectivity index (χ1v) is 6.72. The van der Waals surface area contributed by atoms with Crippen molar-refractivity contribution < 1.29 is 0 Å². The molecule has 2 heteroatoms. The van der Waals surface area contributed by atoms with Crippen molar-refractivity contribution in [2.24, 2.45) is 0 Å². The normalized spacial score (nSPS) is 13.9. The quantitative estimate of drug-likeness (QED) is 0.431. The molecule has 1 aliphatic rings. The van der Waals surface area contributed by atoms with Crippen LogP contribution >= 0.6 is 0 Å². The summed E-state index contributed by atoms with van der Waals surface area (Å²) in [7, 11) is 0. The molecule has 0 amide bonds. The minimum Gasteiger partial charge on any atom is -0.313 e. The molecular formula is C17H12N2. The third kappa shape index (κ3) is 1.05. The predicted molar refractivity (Wildman–Crippen MR) is 77.6 cm³/mol. The smallest absolute Gasteiger partial charge is 0.0816 e. The average Bonchev–Trinajstić information content (AvgIpc) is 2.91. The van der Waals surface area contributed by atoms with Gasteiger partial charge in [-0.1, -0.05) is 18.2 Å². The lowest BCUT2D eigenvalue weighted by Gasteiger charge is -2.18. The lowest BCUT2D eigenvalue weighted by molar-refractivity contribution is 0.877. The molecule has 0 radical (unpaired) electrons. The zero-order valence-corrected chi connectivity index (χ0v) is 10.4. The highest BCUT2D eigenvalue weighted by Gasteiger charge is 2.18. The molecule has 0 atom stereocenters. The number of benzene rings is 1. The van der Waals surface area contributed by atoms with Crippen LogP contribution in [0.1, 0.15) is 11.3 Å². The van der Waals surface area contributed by atoms with Crippen molar-refractivity contribution in [1.82, 2.24) is 9.38 Å². The molecule has 4 heterocycles. The topological polar surface area (TPSA) is 17.3 Å². The van der Waals surface area contributed by atoms with E-state index in [1.165, 1.54) is 33.1 Å². The Bertz CT molecular complexity index is 963. The maximum Gasteiger partial charge on any atom is 0.0816 e. The van der Waals surface area contributed by atoms with Crippen molar-refractivity contribution in [3.63, 3.8) is 0 Å². The fourth-order valence-electron chi connectivity index (χ4n) is 3.49. The molecule has 1 aromatic carbocycles. The number of aromatic nitrogens is 2. The third-order valence-electron chi connectivity index (χ3n) is 4.29. The van der Waals surface area contributed by atoms with E-state index < -0.39 is 0 Å². The Kier molecular flexibility index (Phi) is 1.59. The van der Waals surface area contributed by atoms with E-state index >= 15 is 0 Å². The van der Waals surface area contributed by atoms with Crippen LogP contribution in [0.15, 0.2) is 48.7 Å². The maximum absolute atomic E-state index is 4.62. The van der Waals surface area contributed by atoms with Crippen molar-refractivity contribution >= 4 is 27.3 Å². The van der Waals surface area contributed by atoms with Gasteiger partial charge in [0.05, 0.1) is 16.6 Å². The van der Waals surface area contributed by atoms with Crippen LogP contribution in [0.3, 0.4) is 0 Å². The van der Waals surface area contributed by atoms with Crippen LogP contribution in [0.2, 0.25) is 0 Å². The maximum atomic E-state index is 4.62. The standard InChI is InChI=1S/C17H12N2/c1-3-11-6-7-12-8-9-15-13-5-2-10-18-16(13)14(4-1)17(11)19(12)15/h1-5,8-10H,6-7H2. The van der Waals surface area contributed by atoms with Gasteiger partial charge < -0.3 is 4.40 Å². The molecule has 0 saturated carbocycles. The highest BCUT2D eigenvalue weighted by atomic mass is 14.9. The van der Waals surface area contributed by atoms with Crippen LogP contribution in [0.25, 0.3) is 27.3 Å². The van der Waals surface area contributed by atoms with E-state index in [0.29, 0.717) is 0 Å². The summed E-state index contributed by atoms with van der Waals surface area (Å²) in [5.74, 6) is 0. The Morgan fingerprint density at radius 1 is 0.895 bits per heavy atom. The van der Waals surface area contributed by atoms with Gasteiger partial charge in [0.2, 0.25) is 0 Å². The third-order valence-corrected chi connectivity index (χ3v) is 4.29. The van der Waals surface area contributed by atoms with Gasteiger partial charge in [-0.25, -0.2) is 0 Å². The number of nitrogens with zero attached hydrogens (tertiary/aromatic N) is 2. The van der Waals surface area contributed by atoms with E-state index in [9.17, 15) is 0 Å². The van der Waals surface area contributed by atoms with Gasteiger partial charge in [-0.15, -0.1) is 0 Å². The fraction of sp³-hybridized carbons (Fsp3) is 0.118. The summed E-state index contributed by atoms with van der Waals surface area (Å²) >= 11 is 0. The summed E-state index contributed by atoms with van der Waals surface area (Å²) < 4.78 is 2.43. The van der Waals surface area contributed by atoms with E-state index in [2.05, 4.69) is 45.8 Å². The zero-order chi connectivity index (χ0) is 12.4. The summed E-state index contributed by atoms with van der Waals surface area (Å²) in [4.78, 5) is 4.62. The Morgan fingerprint density at radius 3 is 2.84 bits per heavy atom. The largest absolute Gasteiger partial charge is 0.313 e. The van der Waals surface area contributed by atoms with Crippen LogP contribution in [0, 0.1) is 0 Å². The molecule has 0 aliphatic carbocycles. The van der Waals surface area contributed by atoms with Gasteiger partial charge in [0, 0.05) is 22.7 Å². The second-order valence-electron chi connectivity index (χ2n) is 5.26. The molecule has 3 aromatic heterocycles. The van der Waals surface area contributed by atoms with Gasteiger partial charge in [0.15, 0.2) is 0 Å². The molecule has 19 heavy (non-hydrogen) atoms. The summed E-state index contributed by atoms with van der Waals surface area (Å²) in [6.45, 7) is 0. The van der Waals surface area contributed by atoms with E-state index in [0.717, 1.165) is 18.4 Å². The van der Waals surface area contributed by atoms with Crippen molar-refractivity contribution in [3.8, 4) is 0 Å². The highest BCUT2D eigenvalue weighted by Crippen LogP contribution is 2.34. The molecule has 0 unspecified atom stereocenters. The highest BCUT2D eigenvalue weighted by molar-refractivity contribution is 6.11. The first-order valence-electron chi connectivity index (χ1n) is 6.72. The molecule has 1 aliphatic heterocycles. The van der Waals surface area contributed by atoms with Crippen molar-refractivity contribution in [3.05, 3.63) is 59.9 Å². The van der Waals surface area contributed by atoms with Gasteiger partial charge in [0.1, 0.15) is 0 Å². The molecule has 2 nitrogen and oxygen atoms in total. The Labute approximate surface area is 110 Å². The summed E-state index contributed by atoms with van der Waals surface area (Å²) in [5, 5.41) is 2.53. The number of fused-ring (bicyclic) bond motifs is 3. The Hall–Kier alpha value is -2.35. The molecule has 90 valence electrons. The van der Waals surface area contributed by atoms with Gasteiger partial charge >= 0.3 is 0 Å². The Balaban J connectivity index is 2.27. The Morgan fingerprint density at radius 2 is 1.84 bits per heavy atom. The monoisotopic (exact) mass is 244 g/mol. The van der Waals surface area contributed by atoms with Crippen LogP contribution in [-0.4, -0.2) is 9.38 Å². The number of hydrogen-bond acceptors (Lipinski definition) is 1. The molecule has 0 saturated heterocycles. The van der Waals surface area contributed by atoms with Crippen LogP contribution in [0.4, 0.5) is 0 Å². The van der Waals surface area contributed by atoms with E-state index in [4.69, 9.17) is 0 Å². The summed E-state index contributed by atoms with van der Waals surface area (Å²) in [5.41, 5.74) is 6.63. The summed E-state index contributed by atoms with van der Waals surface area (Å²) in [6.07, 6.45) is 4.15. The van der Waals surface area contributed by atoms with Gasteiger partial charge in [-0.05, 0) is 42.7 Å². The minimum absolute atomic E-state index is 1.12. The van der Waals surface area contributed by atoms with Crippen molar-refractivity contribution in [2.75, 3.05) is 0 Å². The van der Waals surface area contributed by atoms with Gasteiger partial charge in [-0.3, -0.25) is 4.98 Å². The number of pyridine rings is 2. The van der Waals surface area contributed by atoms with Crippen LogP contribution in [-0.2, 0) is 12.8 Å². The average molecular weight is 244 g/mol. The number of aryl methyl sites for hydroxylation is 2. The first-order chi connectivity index (χ1) is 9.43. The second kappa shape index (κ2) is 3.15. The fourth-order valence-corrected chi connectivity index (χ4v) is 3.49. The van der Waals surface area contributed by atoms with Gasteiger partial charge in [0.25, 0.3) is 0 Å². The van der Waals surface area contributed by atoms with E-state index in [1.54, 1.807) is 0 Å². The second-order valence-corrected chi connectivity index (χ2v) is 5.26.